The number of carbonyl (C=O) groups is 2. The number of primary amides is 1. The predicted molar refractivity (Wildman–Crippen MR) is 115 cm³/mol. The molecule has 2 aliphatic heterocycles. The van der Waals surface area contributed by atoms with Crippen LogP contribution in [-0.4, -0.2) is 57.7 Å². The van der Waals surface area contributed by atoms with Crippen molar-refractivity contribution in [3.63, 3.8) is 0 Å². The lowest BCUT2D eigenvalue weighted by molar-refractivity contribution is -0.127. The number of nitrogens with zero attached hydrogens (tertiary/aromatic N) is 5. The molecule has 4 rings (SSSR count). The highest BCUT2D eigenvalue weighted by Gasteiger charge is 2.26. The quantitative estimate of drug-likeness (QED) is 0.766. The summed E-state index contributed by atoms with van der Waals surface area (Å²) in [7, 11) is 0. The van der Waals surface area contributed by atoms with Crippen molar-refractivity contribution in [2.75, 3.05) is 31.1 Å². The van der Waals surface area contributed by atoms with E-state index in [1.807, 2.05) is 12.1 Å². The molecule has 2 fully saturated rings. The largest absolute Gasteiger partial charge is 0.365 e. The molecule has 2 aromatic rings. The summed E-state index contributed by atoms with van der Waals surface area (Å²) in [5.74, 6) is 0.343. The van der Waals surface area contributed by atoms with Crippen molar-refractivity contribution in [1.29, 1.82) is 0 Å². The van der Waals surface area contributed by atoms with E-state index in [-0.39, 0.29) is 11.9 Å². The fraction of sp³-hybridized carbons (Fsp3) is 0.455. The Labute approximate surface area is 176 Å². The molecule has 0 aromatic carbocycles. The molecule has 1 atom stereocenters. The standard InChI is InChI=1S/C22H28N6O2/c1-2-20(29)27-12-6-7-17(14-27)28-15-18(22(23)30)21(25-28)16-8-9-19(24-13-16)26-10-4-3-5-11-26/h2,8-9,13,15,17H,1,3-7,10-12,14H2,(H2,23,30)/t17-/m1/s1. The number of hydrogen-bond donors (Lipinski definition) is 1. The summed E-state index contributed by atoms with van der Waals surface area (Å²) in [6.45, 7) is 6.86. The van der Waals surface area contributed by atoms with Crippen molar-refractivity contribution in [1.82, 2.24) is 19.7 Å². The van der Waals surface area contributed by atoms with E-state index in [0.717, 1.165) is 37.3 Å². The van der Waals surface area contributed by atoms with Crippen LogP contribution in [0.3, 0.4) is 0 Å². The molecule has 158 valence electrons. The van der Waals surface area contributed by atoms with E-state index in [1.165, 1.54) is 25.3 Å². The van der Waals surface area contributed by atoms with E-state index in [2.05, 4.69) is 21.6 Å². The fourth-order valence-corrected chi connectivity index (χ4v) is 4.31. The van der Waals surface area contributed by atoms with Crippen molar-refractivity contribution in [2.24, 2.45) is 5.73 Å². The van der Waals surface area contributed by atoms with Crippen LogP contribution in [0.5, 0.6) is 0 Å². The van der Waals surface area contributed by atoms with E-state index in [9.17, 15) is 9.59 Å². The minimum atomic E-state index is -0.522. The molecular formula is C22H28N6O2. The molecule has 8 heteroatoms. The Morgan fingerprint density at radius 2 is 1.93 bits per heavy atom. The zero-order valence-electron chi connectivity index (χ0n) is 17.2. The normalized spacial score (nSPS) is 19.5. The third-order valence-corrected chi connectivity index (χ3v) is 5.96. The molecule has 0 saturated carbocycles. The van der Waals surface area contributed by atoms with Crippen LogP contribution in [0.4, 0.5) is 5.82 Å². The van der Waals surface area contributed by atoms with Gasteiger partial charge in [0, 0.05) is 44.1 Å². The summed E-state index contributed by atoms with van der Waals surface area (Å²) >= 11 is 0. The first-order valence-electron chi connectivity index (χ1n) is 10.6. The molecule has 0 spiro atoms. The van der Waals surface area contributed by atoms with Crippen molar-refractivity contribution >= 4 is 17.6 Å². The molecule has 4 heterocycles. The molecule has 2 N–H and O–H groups in total. The number of rotatable bonds is 5. The molecule has 2 amide bonds. The molecule has 2 aromatic heterocycles. The maximum atomic E-state index is 12.1. The highest BCUT2D eigenvalue weighted by molar-refractivity contribution is 5.98. The van der Waals surface area contributed by atoms with E-state index in [0.29, 0.717) is 24.3 Å². The second kappa shape index (κ2) is 8.69. The third-order valence-electron chi connectivity index (χ3n) is 5.96. The molecule has 0 unspecified atom stereocenters. The minimum absolute atomic E-state index is 0.00455. The maximum Gasteiger partial charge on any atom is 0.252 e. The Morgan fingerprint density at radius 3 is 2.60 bits per heavy atom. The van der Waals surface area contributed by atoms with Gasteiger partial charge in [0.05, 0.1) is 11.6 Å². The number of pyridine rings is 1. The summed E-state index contributed by atoms with van der Waals surface area (Å²) in [5.41, 5.74) is 7.31. The SMILES string of the molecule is C=CC(=O)N1CCC[C@@H](n2cc(C(N)=O)c(-c3ccc(N4CCCCC4)nc3)n2)C1. The average Bonchev–Trinajstić information content (AvgIpc) is 3.25. The molecule has 0 radical (unpaired) electrons. The van der Waals surface area contributed by atoms with Crippen molar-refractivity contribution < 1.29 is 9.59 Å². The Kier molecular flexibility index (Phi) is 5.83. The van der Waals surface area contributed by atoms with Crippen LogP contribution in [0.2, 0.25) is 0 Å². The van der Waals surface area contributed by atoms with E-state index < -0.39 is 5.91 Å². The maximum absolute atomic E-state index is 12.1. The first kappa shape index (κ1) is 20.1. The molecule has 2 aliphatic rings. The summed E-state index contributed by atoms with van der Waals surface area (Å²) in [4.78, 5) is 32.7. The van der Waals surface area contributed by atoms with Gasteiger partial charge in [0.15, 0.2) is 0 Å². The van der Waals surface area contributed by atoms with E-state index in [1.54, 1.807) is 22.0 Å². The first-order valence-corrected chi connectivity index (χ1v) is 10.6. The van der Waals surface area contributed by atoms with E-state index in [4.69, 9.17) is 5.73 Å². The summed E-state index contributed by atoms with van der Waals surface area (Å²) < 4.78 is 1.77. The van der Waals surface area contributed by atoms with Crippen LogP contribution in [0.25, 0.3) is 11.3 Å². The number of amides is 2. The number of hydrogen-bond acceptors (Lipinski definition) is 5. The molecule has 30 heavy (non-hydrogen) atoms. The summed E-state index contributed by atoms with van der Waals surface area (Å²) in [6.07, 6.45) is 10.2. The van der Waals surface area contributed by atoms with Gasteiger partial charge in [-0.1, -0.05) is 6.58 Å². The number of aromatic nitrogens is 3. The van der Waals surface area contributed by atoms with Gasteiger partial charge in [-0.15, -0.1) is 0 Å². The van der Waals surface area contributed by atoms with Gasteiger partial charge < -0.3 is 15.5 Å². The number of carbonyl (C=O) groups excluding carboxylic acids is 2. The Hall–Kier alpha value is -3.16. The van der Waals surface area contributed by atoms with Gasteiger partial charge in [-0.2, -0.15) is 5.10 Å². The lowest BCUT2D eigenvalue weighted by Crippen LogP contribution is -2.40. The molecule has 0 aliphatic carbocycles. The van der Waals surface area contributed by atoms with Gasteiger partial charge in [-0.25, -0.2) is 4.98 Å². The summed E-state index contributed by atoms with van der Waals surface area (Å²) in [5, 5.41) is 4.69. The second-order valence-electron chi connectivity index (χ2n) is 7.97. The lowest BCUT2D eigenvalue weighted by Gasteiger charge is -2.32. The fourth-order valence-electron chi connectivity index (χ4n) is 4.31. The minimum Gasteiger partial charge on any atom is -0.365 e. The number of likely N-dealkylation sites (tertiary alicyclic amines) is 1. The van der Waals surface area contributed by atoms with Gasteiger partial charge in [-0.3, -0.25) is 14.3 Å². The molecule has 8 nitrogen and oxygen atoms in total. The topological polar surface area (TPSA) is 97.4 Å². The molecule has 0 bridgehead atoms. The van der Waals surface area contributed by atoms with Crippen LogP contribution in [0.1, 0.15) is 48.5 Å². The van der Waals surface area contributed by atoms with Crippen molar-refractivity contribution in [2.45, 2.75) is 38.1 Å². The lowest BCUT2D eigenvalue weighted by atomic mass is 10.1. The Morgan fingerprint density at radius 1 is 1.13 bits per heavy atom. The Balaban J connectivity index is 1.59. The molecular weight excluding hydrogens is 380 g/mol. The highest BCUT2D eigenvalue weighted by atomic mass is 16.2. The van der Waals surface area contributed by atoms with Gasteiger partial charge >= 0.3 is 0 Å². The average molecular weight is 409 g/mol. The van der Waals surface area contributed by atoms with Crippen LogP contribution in [0, 0.1) is 0 Å². The van der Waals surface area contributed by atoms with E-state index >= 15 is 0 Å². The highest BCUT2D eigenvalue weighted by Crippen LogP contribution is 2.28. The predicted octanol–water partition coefficient (Wildman–Crippen LogP) is 2.38. The Bertz CT molecular complexity index is 930. The summed E-state index contributed by atoms with van der Waals surface area (Å²) in [6, 6.07) is 3.93. The van der Waals surface area contributed by atoms with Crippen LogP contribution < -0.4 is 10.6 Å². The van der Waals surface area contributed by atoms with Crippen LogP contribution in [-0.2, 0) is 4.79 Å². The monoisotopic (exact) mass is 408 g/mol. The molecule has 2 saturated heterocycles. The zero-order chi connectivity index (χ0) is 21.1. The third kappa shape index (κ3) is 4.08. The van der Waals surface area contributed by atoms with Crippen molar-refractivity contribution in [3.8, 4) is 11.3 Å². The number of anilines is 1. The van der Waals surface area contributed by atoms with Crippen LogP contribution in [0.15, 0.2) is 37.2 Å². The van der Waals surface area contributed by atoms with Gasteiger partial charge in [0.2, 0.25) is 5.91 Å². The number of nitrogens with two attached hydrogens (primary N) is 1. The van der Waals surface area contributed by atoms with Crippen LogP contribution >= 0.6 is 0 Å². The van der Waals surface area contributed by atoms with Gasteiger partial charge in [0.1, 0.15) is 11.5 Å². The zero-order valence-corrected chi connectivity index (χ0v) is 17.2. The van der Waals surface area contributed by atoms with Crippen molar-refractivity contribution in [3.05, 3.63) is 42.7 Å². The second-order valence-corrected chi connectivity index (χ2v) is 7.97. The smallest absolute Gasteiger partial charge is 0.252 e. The van der Waals surface area contributed by atoms with Gasteiger partial charge in [0.25, 0.3) is 5.91 Å². The number of piperidine rings is 2. The first-order chi connectivity index (χ1) is 14.6. The van der Waals surface area contributed by atoms with Gasteiger partial charge in [-0.05, 0) is 50.3 Å².